The number of carbonyl (C=O) groups excluding carboxylic acids is 1. The summed E-state index contributed by atoms with van der Waals surface area (Å²) < 4.78 is 4.32. The SMILES string of the molecule is CCCCn1c(=O)c2sccc2n2c(CCC(=O)NCc3ccccc3)nnc12. The number of hydrogen-bond donors (Lipinski definition) is 1. The lowest BCUT2D eigenvalue weighted by molar-refractivity contribution is -0.121. The van der Waals surface area contributed by atoms with Crippen LogP contribution in [0.25, 0.3) is 16.0 Å². The van der Waals surface area contributed by atoms with E-state index in [2.05, 4.69) is 22.4 Å². The van der Waals surface area contributed by atoms with Crippen molar-refractivity contribution < 1.29 is 4.79 Å². The van der Waals surface area contributed by atoms with E-state index < -0.39 is 0 Å². The molecule has 3 heterocycles. The van der Waals surface area contributed by atoms with Gasteiger partial charge in [0, 0.05) is 25.9 Å². The number of thiophene rings is 1. The van der Waals surface area contributed by atoms with Gasteiger partial charge in [0.2, 0.25) is 11.7 Å². The molecule has 8 heteroatoms. The Morgan fingerprint density at radius 1 is 1.17 bits per heavy atom. The van der Waals surface area contributed by atoms with Crippen LogP contribution in [-0.2, 0) is 24.3 Å². The predicted octanol–water partition coefficient (Wildman–Crippen LogP) is 3.15. The molecule has 3 aromatic heterocycles. The van der Waals surface area contributed by atoms with Gasteiger partial charge in [0.1, 0.15) is 10.5 Å². The molecular formula is C21H23N5O2S. The number of unbranched alkanes of at least 4 members (excludes halogenated alkanes) is 1. The molecule has 0 aliphatic heterocycles. The Morgan fingerprint density at radius 2 is 2.00 bits per heavy atom. The summed E-state index contributed by atoms with van der Waals surface area (Å²) in [7, 11) is 0. The van der Waals surface area contributed by atoms with Crippen LogP contribution in [0.3, 0.4) is 0 Å². The molecule has 0 aliphatic rings. The van der Waals surface area contributed by atoms with Gasteiger partial charge in [-0.1, -0.05) is 43.7 Å². The van der Waals surface area contributed by atoms with Crippen LogP contribution in [-0.4, -0.2) is 25.1 Å². The number of aryl methyl sites for hydroxylation is 2. The Hall–Kier alpha value is -3.00. The summed E-state index contributed by atoms with van der Waals surface area (Å²) in [5, 5.41) is 13.4. The van der Waals surface area contributed by atoms with Crippen LogP contribution in [0.4, 0.5) is 0 Å². The molecule has 4 rings (SSSR count). The fourth-order valence-electron chi connectivity index (χ4n) is 3.37. The van der Waals surface area contributed by atoms with Gasteiger partial charge in [-0.15, -0.1) is 21.5 Å². The number of nitrogens with zero attached hydrogens (tertiary/aromatic N) is 4. The molecule has 0 aliphatic carbocycles. The maximum absolute atomic E-state index is 12.8. The van der Waals surface area contributed by atoms with E-state index in [0.29, 0.717) is 42.2 Å². The smallest absolute Gasteiger partial charge is 0.272 e. The van der Waals surface area contributed by atoms with Gasteiger partial charge in [0.25, 0.3) is 5.56 Å². The second-order valence-corrected chi connectivity index (χ2v) is 7.88. The normalized spacial score (nSPS) is 11.3. The quantitative estimate of drug-likeness (QED) is 0.485. The highest BCUT2D eigenvalue weighted by atomic mass is 32.1. The van der Waals surface area contributed by atoms with Crippen molar-refractivity contribution in [2.75, 3.05) is 0 Å². The zero-order chi connectivity index (χ0) is 20.2. The Balaban J connectivity index is 1.56. The molecule has 29 heavy (non-hydrogen) atoms. The van der Waals surface area contributed by atoms with Crippen molar-refractivity contribution in [3.05, 3.63) is 63.5 Å². The number of hydrogen-bond acceptors (Lipinski definition) is 5. The van der Waals surface area contributed by atoms with Gasteiger partial charge in [-0.2, -0.15) is 0 Å². The minimum atomic E-state index is -0.0357. The van der Waals surface area contributed by atoms with Gasteiger partial charge < -0.3 is 5.32 Å². The Labute approximate surface area is 172 Å². The topological polar surface area (TPSA) is 81.3 Å². The minimum Gasteiger partial charge on any atom is -0.352 e. The van der Waals surface area contributed by atoms with Gasteiger partial charge in [0.15, 0.2) is 0 Å². The molecule has 0 spiro atoms. The van der Waals surface area contributed by atoms with Crippen molar-refractivity contribution in [1.29, 1.82) is 0 Å². The van der Waals surface area contributed by atoms with Crippen LogP contribution in [0.1, 0.15) is 37.6 Å². The van der Waals surface area contributed by atoms with E-state index in [-0.39, 0.29) is 11.5 Å². The molecule has 1 aromatic carbocycles. The first-order valence-corrected chi connectivity index (χ1v) is 10.7. The first kappa shape index (κ1) is 19.3. The molecule has 0 bridgehead atoms. The first-order valence-electron chi connectivity index (χ1n) is 9.83. The van der Waals surface area contributed by atoms with E-state index >= 15 is 0 Å². The predicted molar refractivity (Wildman–Crippen MR) is 114 cm³/mol. The Morgan fingerprint density at radius 3 is 2.79 bits per heavy atom. The standard InChI is InChI=1S/C21H23N5O2S/c1-2-3-12-25-20(28)19-16(11-13-29-19)26-17(23-24-21(25)26)9-10-18(27)22-14-15-7-5-4-6-8-15/h4-8,11,13H,2-3,9-10,12,14H2,1H3,(H,22,27). The Bertz CT molecular complexity index is 1190. The zero-order valence-electron chi connectivity index (χ0n) is 16.3. The molecule has 0 fully saturated rings. The molecule has 7 nitrogen and oxygen atoms in total. The lowest BCUT2D eigenvalue weighted by atomic mass is 10.2. The van der Waals surface area contributed by atoms with Gasteiger partial charge in [-0.3, -0.25) is 18.6 Å². The maximum Gasteiger partial charge on any atom is 0.272 e. The molecule has 150 valence electrons. The first-order chi connectivity index (χ1) is 14.2. The van der Waals surface area contributed by atoms with Crippen molar-refractivity contribution in [2.24, 2.45) is 0 Å². The lowest BCUT2D eigenvalue weighted by Gasteiger charge is -2.09. The van der Waals surface area contributed by atoms with E-state index in [1.807, 2.05) is 46.2 Å². The second kappa shape index (κ2) is 8.57. The summed E-state index contributed by atoms with van der Waals surface area (Å²) in [6.45, 7) is 3.21. The van der Waals surface area contributed by atoms with Crippen LogP contribution in [0.5, 0.6) is 0 Å². The van der Waals surface area contributed by atoms with Gasteiger partial charge in [-0.25, -0.2) is 0 Å². The van der Waals surface area contributed by atoms with Crippen molar-refractivity contribution in [2.45, 2.75) is 45.7 Å². The maximum atomic E-state index is 12.8. The summed E-state index contributed by atoms with van der Waals surface area (Å²) in [5.41, 5.74) is 1.86. The summed E-state index contributed by atoms with van der Waals surface area (Å²) in [5.74, 6) is 1.21. The number of carbonyl (C=O) groups is 1. The minimum absolute atomic E-state index is 0.0181. The Kier molecular flexibility index (Phi) is 5.71. The molecule has 0 saturated heterocycles. The zero-order valence-corrected chi connectivity index (χ0v) is 17.1. The van der Waals surface area contributed by atoms with Crippen LogP contribution < -0.4 is 10.9 Å². The van der Waals surface area contributed by atoms with Crippen molar-refractivity contribution in [3.8, 4) is 0 Å². The molecule has 1 amide bonds. The van der Waals surface area contributed by atoms with E-state index in [1.54, 1.807) is 4.57 Å². The lowest BCUT2D eigenvalue weighted by Crippen LogP contribution is -2.24. The summed E-state index contributed by atoms with van der Waals surface area (Å²) in [6.07, 6.45) is 2.66. The highest BCUT2D eigenvalue weighted by molar-refractivity contribution is 7.17. The molecule has 0 unspecified atom stereocenters. The summed E-state index contributed by atoms with van der Waals surface area (Å²) >= 11 is 1.43. The van der Waals surface area contributed by atoms with Gasteiger partial charge in [-0.05, 0) is 23.4 Å². The number of amides is 1. The van der Waals surface area contributed by atoms with Crippen molar-refractivity contribution in [1.82, 2.24) is 24.5 Å². The third kappa shape index (κ3) is 3.93. The number of fused-ring (bicyclic) bond motifs is 3. The van der Waals surface area contributed by atoms with Gasteiger partial charge in [0.05, 0.1) is 5.52 Å². The third-order valence-corrected chi connectivity index (χ3v) is 5.81. The monoisotopic (exact) mass is 409 g/mol. The average Bonchev–Trinajstić information content (AvgIpc) is 3.38. The molecule has 1 N–H and O–H groups in total. The van der Waals surface area contributed by atoms with Crippen molar-refractivity contribution in [3.63, 3.8) is 0 Å². The molecular weight excluding hydrogens is 386 g/mol. The molecule has 4 aromatic rings. The summed E-state index contributed by atoms with van der Waals surface area (Å²) in [4.78, 5) is 25.1. The number of aromatic nitrogens is 4. The average molecular weight is 410 g/mol. The van der Waals surface area contributed by atoms with Crippen LogP contribution in [0, 0.1) is 0 Å². The van der Waals surface area contributed by atoms with E-state index in [1.165, 1.54) is 11.3 Å². The summed E-state index contributed by atoms with van der Waals surface area (Å²) in [6, 6.07) is 11.7. The number of rotatable bonds is 8. The molecule has 0 saturated carbocycles. The van der Waals surface area contributed by atoms with E-state index in [0.717, 1.165) is 23.9 Å². The van der Waals surface area contributed by atoms with Crippen LogP contribution >= 0.6 is 11.3 Å². The number of nitrogens with one attached hydrogen (secondary N) is 1. The number of benzene rings is 1. The largest absolute Gasteiger partial charge is 0.352 e. The fourth-order valence-corrected chi connectivity index (χ4v) is 4.19. The van der Waals surface area contributed by atoms with Crippen LogP contribution in [0.15, 0.2) is 46.6 Å². The third-order valence-electron chi connectivity index (χ3n) is 4.92. The highest BCUT2D eigenvalue weighted by Crippen LogP contribution is 2.20. The van der Waals surface area contributed by atoms with Gasteiger partial charge >= 0.3 is 0 Å². The van der Waals surface area contributed by atoms with Crippen LogP contribution in [0.2, 0.25) is 0 Å². The fraction of sp³-hybridized carbons (Fsp3) is 0.333. The van der Waals surface area contributed by atoms with E-state index in [9.17, 15) is 9.59 Å². The highest BCUT2D eigenvalue weighted by Gasteiger charge is 2.17. The molecule has 0 atom stereocenters. The van der Waals surface area contributed by atoms with E-state index in [4.69, 9.17) is 0 Å². The molecule has 0 radical (unpaired) electrons. The van der Waals surface area contributed by atoms with Crippen molar-refractivity contribution >= 4 is 33.2 Å². The second-order valence-electron chi connectivity index (χ2n) is 6.96.